The van der Waals surface area contributed by atoms with E-state index in [1.807, 2.05) is 18.2 Å². The number of hydrogen-bond acceptors (Lipinski definition) is 5. The summed E-state index contributed by atoms with van der Waals surface area (Å²) in [5.74, 6) is -0.410. The van der Waals surface area contributed by atoms with Crippen molar-refractivity contribution in [3.63, 3.8) is 0 Å². The Balaban J connectivity index is 1.60. The molecule has 8 heteroatoms. The highest BCUT2D eigenvalue weighted by Gasteiger charge is 2.19. The summed E-state index contributed by atoms with van der Waals surface area (Å²) in [6.07, 6.45) is 1.53. The summed E-state index contributed by atoms with van der Waals surface area (Å²) >= 11 is 7.43. The lowest BCUT2D eigenvalue weighted by Crippen LogP contribution is -2.32. The van der Waals surface area contributed by atoms with Crippen molar-refractivity contribution in [2.75, 3.05) is 5.32 Å². The summed E-state index contributed by atoms with van der Waals surface area (Å²) in [5.41, 5.74) is 2.38. The first-order valence-electron chi connectivity index (χ1n) is 8.06. The van der Waals surface area contributed by atoms with Crippen LogP contribution in [0.3, 0.4) is 0 Å². The maximum Gasteiger partial charge on any atom is 0.208 e. The van der Waals surface area contributed by atoms with Gasteiger partial charge in [0.25, 0.3) is 0 Å². The van der Waals surface area contributed by atoms with Gasteiger partial charge in [-0.3, -0.25) is 4.98 Å². The van der Waals surface area contributed by atoms with Gasteiger partial charge in [-0.15, -0.1) is 0 Å². The molecule has 0 atom stereocenters. The van der Waals surface area contributed by atoms with Gasteiger partial charge in [-0.05, 0) is 24.3 Å². The van der Waals surface area contributed by atoms with Gasteiger partial charge >= 0.3 is 0 Å². The van der Waals surface area contributed by atoms with Crippen molar-refractivity contribution in [1.82, 2.24) is 10.3 Å². The minimum absolute atomic E-state index is 0.0604. The molecule has 0 bridgehead atoms. The Kier molecular flexibility index (Phi) is 4.96. The summed E-state index contributed by atoms with van der Waals surface area (Å²) in [5, 5.41) is 6.28. The quantitative estimate of drug-likeness (QED) is 0.587. The molecule has 4 nitrogen and oxygen atoms in total. The highest BCUT2D eigenvalue weighted by Crippen LogP contribution is 2.41. The van der Waals surface area contributed by atoms with Crippen LogP contribution in [-0.4, -0.2) is 10.9 Å². The smallest absolute Gasteiger partial charge is 0.208 e. The molecule has 2 heterocycles. The van der Waals surface area contributed by atoms with Crippen molar-refractivity contribution < 1.29 is 8.78 Å². The largest absolute Gasteiger partial charge is 0.350 e. The molecule has 2 N–H and O–H groups in total. The number of rotatable bonds is 3. The Labute approximate surface area is 163 Å². The molecular weight excluding hydrogens is 390 g/mol. The van der Waals surface area contributed by atoms with E-state index >= 15 is 0 Å². The second kappa shape index (κ2) is 7.54. The Morgan fingerprint density at radius 3 is 2.63 bits per heavy atom. The molecule has 0 saturated heterocycles. The normalized spacial score (nSPS) is 12.8. The van der Waals surface area contributed by atoms with Crippen molar-refractivity contribution in [1.29, 1.82) is 0 Å². The van der Waals surface area contributed by atoms with Gasteiger partial charge in [0.2, 0.25) is 5.96 Å². The average molecular weight is 403 g/mol. The average Bonchev–Trinajstić information content (AvgIpc) is 2.69. The van der Waals surface area contributed by atoms with Crippen LogP contribution in [-0.2, 0) is 6.54 Å². The Morgan fingerprint density at radius 1 is 1.00 bits per heavy atom. The van der Waals surface area contributed by atoms with Crippen LogP contribution in [0, 0.1) is 11.6 Å². The first kappa shape index (κ1) is 17.8. The minimum atomic E-state index is -0.479. The summed E-state index contributed by atoms with van der Waals surface area (Å²) in [7, 11) is 0. The van der Waals surface area contributed by atoms with Crippen LogP contribution in [0.1, 0.15) is 5.69 Å². The molecular formula is C19H13ClF2N4S. The Hall–Kier alpha value is -2.64. The monoisotopic (exact) mass is 402 g/mol. The fourth-order valence-corrected chi connectivity index (χ4v) is 3.62. The van der Waals surface area contributed by atoms with Gasteiger partial charge in [0.1, 0.15) is 11.6 Å². The molecule has 136 valence electrons. The topological polar surface area (TPSA) is 49.3 Å². The van der Waals surface area contributed by atoms with Gasteiger partial charge in [0.15, 0.2) is 0 Å². The van der Waals surface area contributed by atoms with Crippen molar-refractivity contribution in [2.24, 2.45) is 4.40 Å². The van der Waals surface area contributed by atoms with E-state index < -0.39 is 5.82 Å². The fraction of sp³-hybridized carbons (Fsp3) is 0.0526. The third-order valence-electron chi connectivity index (χ3n) is 4.00. The Morgan fingerprint density at radius 2 is 1.78 bits per heavy atom. The van der Waals surface area contributed by atoms with Crippen LogP contribution in [0.2, 0.25) is 5.02 Å². The van der Waals surface area contributed by atoms with Gasteiger partial charge < -0.3 is 10.6 Å². The molecule has 0 fully saturated rings. The van der Waals surface area contributed by atoms with E-state index in [0.29, 0.717) is 17.2 Å². The van der Waals surface area contributed by atoms with Crippen LogP contribution >= 0.6 is 23.5 Å². The number of guanidine groups is 1. The number of nitrogens with zero attached hydrogens (tertiary/aromatic N) is 2. The number of benzene rings is 2. The number of fused-ring (bicyclic) bond motifs is 1. The van der Waals surface area contributed by atoms with Crippen LogP contribution in [0.25, 0.3) is 11.1 Å². The lowest BCUT2D eigenvalue weighted by atomic mass is 10.0. The summed E-state index contributed by atoms with van der Waals surface area (Å²) in [6, 6.07) is 13.2. The molecule has 0 saturated carbocycles. The molecule has 1 aliphatic rings. The summed E-state index contributed by atoms with van der Waals surface area (Å²) in [4.78, 5) is 4.88. The second-order valence-electron chi connectivity index (χ2n) is 5.72. The van der Waals surface area contributed by atoms with Crippen LogP contribution < -0.4 is 10.6 Å². The van der Waals surface area contributed by atoms with Gasteiger partial charge in [-0.1, -0.05) is 35.9 Å². The zero-order valence-electron chi connectivity index (χ0n) is 13.8. The third-order valence-corrected chi connectivity index (χ3v) is 5.20. The van der Waals surface area contributed by atoms with Gasteiger partial charge in [0.05, 0.1) is 27.8 Å². The number of aromatic nitrogens is 1. The molecule has 4 rings (SSSR count). The van der Waals surface area contributed by atoms with E-state index in [1.54, 1.807) is 12.1 Å². The summed E-state index contributed by atoms with van der Waals surface area (Å²) < 4.78 is 32.0. The number of nitrogens with one attached hydrogen (secondary N) is 2. The maximum absolute atomic E-state index is 13.9. The zero-order valence-corrected chi connectivity index (χ0v) is 15.4. The number of hydrogen-bond donors (Lipinski definition) is 2. The molecule has 1 aliphatic heterocycles. The van der Waals surface area contributed by atoms with Crippen molar-refractivity contribution in [3.8, 4) is 11.1 Å². The maximum atomic E-state index is 13.9. The molecule has 0 amide bonds. The van der Waals surface area contributed by atoms with Crippen LogP contribution in [0.4, 0.5) is 14.5 Å². The number of halogens is 3. The van der Waals surface area contributed by atoms with Gasteiger partial charge in [-0.25, -0.2) is 8.78 Å². The molecule has 27 heavy (non-hydrogen) atoms. The minimum Gasteiger partial charge on any atom is -0.350 e. The highest BCUT2D eigenvalue weighted by molar-refractivity contribution is 7.98. The van der Waals surface area contributed by atoms with E-state index in [9.17, 15) is 8.78 Å². The predicted molar refractivity (Wildman–Crippen MR) is 105 cm³/mol. The first-order valence-corrected chi connectivity index (χ1v) is 9.21. The lowest BCUT2D eigenvalue weighted by molar-refractivity contribution is 0.594. The molecule has 1 aromatic heterocycles. The predicted octanol–water partition coefficient (Wildman–Crippen LogP) is 5.26. The van der Waals surface area contributed by atoms with E-state index in [2.05, 4.69) is 20.0 Å². The molecule has 3 aromatic rings. The van der Waals surface area contributed by atoms with Crippen molar-refractivity contribution >= 4 is 35.2 Å². The number of para-hydroxylation sites is 1. The number of pyridine rings is 1. The molecule has 0 unspecified atom stereocenters. The molecule has 0 spiro atoms. The second-order valence-corrected chi connectivity index (χ2v) is 6.90. The number of anilines is 1. The van der Waals surface area contributed by atoms with E-state index in [0.717, 1.165) is 16.1 Å². The van der Waals surface area contributed by atoms with Crippen molar-refractivity contribution in [2.45, 2.75) is 11.4 Å². The molecule has 2 aromatic carbocycles. The standard InChI is InChI=1S/C19H13ClF2N4S/c20-17-11(4-1-6-14(17)22)12-5-2-8-16-18(12)25-19(26-27-16)24-10-15-13(21)7-3-9-23-15/h1-9H,10H2,(H2,24,25,26). The first-order chi connectivity index (χ1) is 13.1. The molecule has 0 aliphatic carbocycles. The summed E-state index contributed by atoms with van der Waals surface area (Å²) in [6.45, 7) is 0.178. The fourth-order valence-electron chi connectivity index (χ4n) is 2.70. The molecule has 0 radical (unpaired) electrons. The Bertz CT molecular complexity index is 1040. The van der Waals surface area contributed by atoms with E-state index in [1.165, 1.54) is 36.3 Å². The van der Waals surface area contributed by atoms with E-state index in [4.69, 9.17) is 11.6 Å². The zero-order chi connectivity index (χ0) is 18.8. The van der Waals surface area contributed by atoms with Gasteiger partial charge in [0, 0.05) is 29.3 Å². The van der Waals surface area contributed by atoms with E-state index in [-0.39, 0.29) is 17.4 Å². The van der Waals surface area contributed by atoms with Crippen LogP contribution in [0.5, 0.6) is 0 Å². The third kappa shape index (κ3) is 3.61. The van der Waals surface area contributed by atoms with Gasteiger partial charge in [-0.2, -0.15) is 4.40 Å². The SMILES string of the molecule is Fc1cccnc1CNC1=NSc2cccc(-c3cccc(F)c3Cl)c2N1. The van der Waals surface area contributed by atoms with Crippen LogP contribution in [0.15, 0.2) is 64.0 Å². The highest BCUT2D eigenvalue weighted by atomic mass is 35.5. The van der Waals surface area contributed by atoms with Crippen molar-refractivity contribution in [3.05, 3.63) is 77.1 Å². The lowest BCUT2D eigenvalue weighted by Gasteiger charge is -2.21.